The van der Waals surface area contributed by atoms with Crippen molar-refractivity contribution in [3.63, 3.8) is 0 Å². The molecule has 7 nitrogen and oxygen atoms in total. The van der Waals surface area contributed by atoms with Crippen molar-refractivity contribution in [1.29, 1.82) is 0 Å². The highest BCUT2D eigenvalue weighted by Gasteiger charge is 2.41. The molecule has 1 saturated carbocycles. The van der Waals surface area contributed by atoms with Crippen molar-refractivity contribution in [2.24, 2.45) is 5.16 Å². The number of hydrogen-bond acceptors (Lipinski definition) is 5. The Morgan fingerprint density at radius 3 is 2.85 bits per heavy atom. The van der Waals surface area contributed by atoms with Crippen LogP contribution in [0.3, 0.4) is 0 Å². The summed E-state index contributed by atoms with van der Waals surface area (Å²) in [4.78, 5) is 30.1. The van der Waals surface area contributed by atoms with Crippen LogP contribution in [0.4, 0.5) is 0 Å². The van der Waals surface area contributed by atoms with Crippen molar-refractivity contribution in [1.82, 2.24) is 4.90 Å². The number of aliphatic carboxylic acids is 1. The molecule has 7 heteroatoms. The van der Waals surface area contributed by atoms with E-state index in [0.717, 1.165) is 25.7 Å². The second-order valence-electron chi connectivity index (χ2n) is 5.43. The number of hydrogen-bond donors (Lipinski definition) is 1. The smallest absolute Gasteiger partial charge is 0.353 e. The Hall–Kier alpha value is -1.63. The molecule has 2 fully saturated rings. The number of rotatable bonds is 2. The number of ether oxygens (including phenoxy) is 1. The Kier molecular flexibility index (Phi) is 3.60. The summed E-state index contributed by atoms with van der Waals surface area (Å²) < 4.78 is 5.73. The first-order valence-corrected chi connectivity index (χ1v) is 7.05. The molecular formula is C13H18N2O5. The Bertz CT molecular complexity index is 448. The van der Waals surface area contributed by atoms with Crippen LogP contribution in [-0.2, 0) is 19.2 Å². The highest BCUT2D eigenvalue weighted by molar-refractivity contribution is 6.36. The van der Waals surface area contributed by atoms with Gasteiger partial charge in [0.15, 0.2) is 5.71 Å². The standard InChI is InChI=1S/C13H18N2O5/c16-12(11-7-8(13(17)18)14-20-11)15-5-6-19-10-4-2-1-3-9(10)15/h9-11H,1-7H2,(H,17,18). The second-order valence-corrected chi connectivity index (χ2v) is 5.43. The minimum absolute atomic E-state index is 0.0446. The van der Waals surface area contributed by atoms with E-state index in [-0.39, 0.29) is 30.2 Å². The summed E-state index contributed by atoms with van der Waals surface area (Å²) in [6.45, 7) is 1.08. The van der Waals surface area contributed by atoms with Crippen molar-refractivity contribution in [2.75, 3.05) is 13.2 Å². The van der Waals surface area contributed by atoms with Crippen LogP contribution in [0, 0.1) is 0 Å². The summed E-state index contributed by atoms with van der Waals surface area (Å²) >= 11 is 0. The van der Waals surface area contributed by atoms with E-state index in [1.165, 1.54) is 0 Å². The van der Waals surface area contributed by atoms with Gasteiger partial charge in [0.2, 0.25) is 6.10 Å². The first-order chi connectivity index (χ1) is 9.66. The van der Waals surface area contributed by atoms with E-state index >= 15 is 0 Å². The average molecular weight is 282 g/mol. The van der Waals surface area contributed by atoms with Crippen molar-refractivity contribution in [3.05, 3.63) is 0 Å². The topological polar surface area (TPSA) is 88.4 Å². The molecule has 110 valence electrons. The van der Waals surface area contributed by atoms with Crippen molar-refractivity contribution in [3.8, 4) is 0 Å². The number of morpholine rings is 1. The molecule has 3 atom stereocenters. The lowest BCUT2D eigenvalue weighted by molar-refractivity contribution is -0.159. The Morgan fingerprint density at radius 1 is 1.30 bits per heavy atom. The number of amides is 1. The largest absolute Gasteiger partial charge is 0.477 e. The number of carboxylic acid groups (broad SMARTS) is 1. The first kappa shape index (κ1) is 13.4. The van der Waals surface area contributed by atoms with Gasteiger partial charge in [0.05, 0.1) is 18.8 Å². The summed E-state index contributed by atoms with van der Waals surface area (Å²) in [5.41, 5.74) is -0.0863. The van der Waals surface area contributed by atoms with Crippen LogP contribution in [-0.4, -0.2) is 59.0 Å². The van der Waals surface area contributed by atoms with Gasteiger partial charge in [-0.25, -0.2) is 4.79 Å². The third-order valence-corrected chi connectivity index (χ3v) is 4.21. The van der Waals surface area contributed by atoms with Gasteiger partial charge in [-0.2, -0.15) is 0 Å². The van der Waals surface area contributed by atoms with Crippen molar-refractivity contribution < 1.29 is 24.3 Å². The lowest BCUT2D eigenvalue weighted by Crippen LogP contribution is -2.57. The quantitative estimate of drug-likeness (QED) is 0.791. The van der Waals surface area contributed by atoms with E-state index in [1.54, 1.807) is 4.90 Å². The molecule has 1 N–H and O–H groups in total. The fraction of sp³-hybridized carbons (Fsp3) is 0.769. The number of carbonyl (C=O) groups is 2. The third kappa shape index (κ3) is 2.37. The van der Waals surface area contributed by atoms with Crippen LogP contribution in [0.15, 0.2) is 5.16 Å². The minimum Gasteiger partial charge on any atom is -0.477 e. The van der Waals surface area contributed by atoms with Gasteiger partial charge in [-0.15, -0.1) is 0 Å². The van der Waals surface area contributed by atoms with Gasteiger partial charge >= 0.3 is 5.97 Å². The van der Waals surface area contributed by atoms with E-state index in [0.29, 0.717) is 13.2 Å². The normalized spacial score (nSPS) is 33.1. The molecule has 0 aromatic carbocycles. The second kappa shape index (κ2) is 5.40. The highest BCUT2D eigenvalue weighted by atomic mass is 16.6. The van der Waals surface area contributed by atoms with E-state index in [2.05, 4.69) is 5.16 Å². The maximum Gasteiger partial charge on any atom is 0.353 e. The third-order valence-electron chi connectivity index (χ3n) is 4.21. The van der Waals surface area contributed by atoms with E-state index in [9.17, 15) is 9.59 Å². The zero-order chi connectivity index (χ0) is 14.1. The monoisotopic (exact) mass is 282 g/mol. The fourth-order valence-corrected chi connectivity index (χ4v) is 3.19. The van der Waals surface area contributed by atoms with Crippen LogP contribution >= 0.6 is 0 Å². The fourth-order valence-electron chi connectivity index (χ4n) is 3.19. The van der Waals surface area contributed by atoms with Gasteiger partial charge in [0.1, 0.15) is 0 Å². The molecule has 1 aliphatic carbocycles. The number of oxime groups is 1. The van der Waals surface area contributed by atoms with Gasteiger partial charge in [0.25, 0.3) is 5.91 Å². The molecule has 2 heterocycles. The van der Waals surface area contributed by atoms with Crippen LogP contribution in [0.2, 0.25) is 0 Å². The number of nitrogens with zero attached hydrogens (tertiary/aromatic N) is 2. The summed E-state index contributed by atoms with van der Waals surface area (Å²) in [5.74, 6) is -1.29. The molecule has 0 radical (unpaired) electrons. The molecule has 1 amide bonds. The lowest BCUT2D eigenvalue weighted by atomic mass is 9.89. The van der Waals surface area contributed by atoms with Gasteiger partial charge in [0, 0.05) is 13.0 Å². The predicted octanol–water partition coefficient (Wildman–Crippen LogP) is 0.386. The van der Waals surface area contributed by atoms with Gasteiger partial charge in [-0.1, -0.05) is 18.0 Å². The van der Waals surface area contributed by atoms with Gasteiger partial charge in [-0.05, 0) is 12.8 Å². The molecule has 2 aliphatic heterocycles. The maximum absolute atomic E-state index is 12.5. The Balaban J connectivity index is 1.66. The van der Waals surface area contributed by atoms with E-state index < -0.39 is 12.1 Å². The zero-order valence-electron chi connectivity index (χ0n) is 11.2. The number of fused-ring (bicyclic) bond motifs is 1. The van der Waals surface area contributed by atoms with Crippen LogP contribution in [0.1, 0.15) is 32.1 Å². The Morgan fingerprint density at radius 2 is 2.10 bits per heavy atom. The zero-order valence-corrected chi connectivity index (χ0v) is 11.2. The van der Waals surface area contributed by atoms with Crippen molar-refractivity contribution in [2.45, 2.75) is 50.4 Å². The van der Waals surface area contributed by atoms with Crippen LogP contribution in [0.5, 0.6) is 0 Å². The lowest BCUT2D eigenvalue weighted by Gasteiger charge is -2.44. The minimum atomic E-state index is -1.13. The maximum atomic E-state index is 12.5. The van der Waals surface area contributed by atoms with E-state index in [4.69, 9.17) is 14.7 Å². The summed E-state index contributed by atoms with van der Waals surface area (Å²) in [5, 5.41) is 12.3. The summed E-state index contributed by atoms with van der Waals surface area (Å²) in [6, 6.07) is 0.0995. The molecule has 0 spiro atoms. The van der Waals surface area contributed by atoms with Gasteiger partial charge < -0.3 is 19.6 Å². The predicted molar refractivity (Wildman–Crippen MR) is 68.3 cm³/mol. The first-order valence-electron chi connectivity index (χ1n) is 7.05. The molecule has 3 unspecified atom stereocenters. The number of carboxylic acids is 1. The average Bonchev–Trinajstić information content (AvgIpc) is 2.96. The highest BCUT2D eigenvalue weighted by Crippen LogP contribution is 2.29. The molecule has 3 aliphatic rings. The van der Waals surface area contributed by atoms with Crippen LogP contribution in [0.25, 0.3) is 0 Å². The SMILES string of the molecule is O=C(O)C1=NOC(C(=O)N2CCOC3CCCCC32)C1. The molecule has 3 rings (SSSR count). The van der Waals surface area contributed by atoms with Gasteiger partial charge in [-0.3, -0.25) is 4.79 Å². The van der Waals surface area contributed by atoms with Crippen molar-refractivity contribution >= 4 is 17.6 Å². The molecule has 0 aromatic rings. The molecule has 0 aromatic heterocycles. The molecular weight excluding hydrogens is 264 g/mol. The summed E-state index contributed by atoms with van der Waals surface area (Å²) in [6.07, 6.45) is 3.52. The molecule has 0 bridgehead atoms. The van der Waals surface area contributed by atoms with E-state index in [1.807, 2.05) is 0 Å². The van der Waals surface area contributed by atoms with Crippen LogP contribution < -0.4 is 0 Å². The summed E-state index contributed by atoms with van der Waals surface area (Å²) in [7, 11) is 0. The number of carbonyl (C=O) groups excluding carboxylic acids is 1. The molecule has 1 saturated heterocycles. The molecule has 20 heavy (non-hydrogen) atoms. The Labute approximate surface area is 116 Å².